The highest BCUT2D eigenvalue weighted by molar-refractivity contribution is 7.10. The van der Waals surface area contributed by atoms with E-state index in [1.807, 2.05) is 47.8 Å². The number of aromatic nitrogens is 2. The average Bonchev–Trinajstić information content (AvgIpc) is 3.27. The molecule has 7 heteroatoms. The molecule has 1 atom stereocenters. The van der Waals surface area contributed by atoms with Gasteiger partial charge in [-0.25, -0.2) is 0 Å². The monoisotopic (exact) mass is 345 g/mol. The molecule has 118 valence electrons. The first-order valence-electron chi connectivity index (χ1n) is 7.06. The molecule has 0 radical (unpaired) electrons. The van der Waals surface area contributed by atoms with E-state index in [0.717, 1.165) is 22.0 Å². The van der Waals surface area contributed by atoms with Crippen LogP contribution in [0, 0.1) is 0 Å². The normalized spacial score (nSPS) is 12.0. The third-order valence-corrected chi connectivity index (χ3v) is 4.83. The number of carbonyl (C=O) groups is 1. The Morgan fingerprint density at radius 2 is 2.04 bits per heavy atom. The molecule has 2 heterocycles. The second kappa shape index (κ2) is 7.45. The fourth-order valence-corrected chi connectivity index (χ4v) is 3.36. The molecule has 5 nitrogen and oxygen atoms in total. The highest BCUT2D eigenvalue weighted by atomic mass is 32.1. The number of amides is 1. The molecule has 1 N–H and O–H groups in total. The van der Waals surface area contributed by atoms with Crippen molar-refractivity contribution in [1.82, 2.24) is 14.5 Å². The third-order valence-electron chi connectivity index (χ3n) is 3.35. The number of hydrogen-bond acceptors (Lipinski definition) is 6. The van der Waals surface area contributed by atoms with E-state index in [2.05, 4.69) is 9.59 Å². The van der Waals surface area contributed by atoms with Gasteiger partial charge >= 0.3 is 0 Å². The van der Waals surface area contributed by atoms with Crippen LogP contribution in [0.15, 0.2) is 53.2 Å². The molecule has 2 aromatic heterocycles. The van der Waals surface area contributed by atoms with E-state index < -0.39 is 6.10 Å². The molecule has 23 heavy (non-hydrogen) atoms. The van der Waals surface area contributed by atoms with Gasteiger partial charge in [-0.2, -0.15) is 0 Å². The van der Waals surface area contributed by atoms with E-state index in [1.165, 1.54) is 11.3 Å². The minimum atomic E-state index is -0.714. The summed E-state index contributed by atoms with van der Waals surface area (Å²) in [7, 11) is 0. The highest BCUT2D eigenvalue weighted by Gasteiger charge is 2.22. The highest BCUT2D eigenvalue weighted by Crippen LogP contribution is 2.21. The van der Waals surface area contributed by atoms with Crippen LogP contribution in [0.1, 0.15) is 27.0 Å². The average molecular weight is 345 g/mol. The van der Waals surface area contributed by atoms with E-state index in [1.54, 1.807) is 10.3 Å². The van der Waals surface area contributed by atoms with Crippen LogP contribution in [-0.2, 0) is 6.54 Å². The van der Waals surface area contributed by atoms with Gasteiger partial charge < -0.3 is 10.0 Å². The van der Waals surface area contributed by atoms with Crippen LogP contribution in [0.3, 0.4) is 0 Å². The summed E-state index contributed by atoms with van der Waals surface area (Å²) < 4.78 is 3.75. The molecule has 0 aliphatic carbocycles. The molecule has 0 aliphatic heterocycles. The van der Waals surface area contributed by atoms with Crippen LogP contribution < -0.4 is 0 Å². The van der Waals surface area contributed by atoms with Crippen molar-refractivity contribution >= 4 is 28.8 Å². The number of rotatable bonds is 6. The largest absolute Gasteiger partial charge is 0.386 e. The van der Waals surface area contributed by atoms with Crippen LogP contribution in [0.5, 0.6) is 0 Å². The molecule has 0 unspecified atom stereocenters. The SMILES string of the molecule is O=C(c1csnn1)N(Cc1ccccc1)C[C@H](O)c1cccs1. The minimum Gasteiger partial charge on any atom is -0.386 e. The molecule has 0 bridgehead atoms. The smallest absolute Gasteiger partial charge is 0.275 e. The molecule has 1 aromatic carbocycles. The van der Waals surface area contributed by atoms with Crippen LogP contribution in [0.4, 0.5) is 0 Å². The number of aliphatic hydroxyl groups is 1. The Kier molecular flexibility index (Phi) is 5.12. The van der Waals surface area contributed by atoms with E-state index in [-0.39, 0.29) is 12.5 Å². The van der Waals surface area contributed by atoms with Gasteiger partial charge in [-0.15, -0.1) is 16.4 Å². The minimum absolute atomic E-state index is 0.214. The summed E-state index contributed by atoms with van der Waals surface area (Å²) in [5.74, 6) is -0.224. The van der Waals surface area contributed by atoms with E-state index in [9.17, 15) is 9.90 Å². The zero-order chi connectivity index (χ0) is 16.1. The summed E-state index contributed by atoms with van der Waals surface area (Å²) in [5.41, 5.74) is 1.31. The summed E-state index contributed by atoms with van der Waals surface area (Å²) >= 11 is 2.61. The number of aliphatic hydroxyl groups excluding tert-OH is 1. The van der Waals surface area contributed by atoms with Crippen LogP contribution in [-0.4, -0.2) is 32.0 Å². The van der Waals surface area contributed by atoms with Crippen molar-refractivity contribution in [3.05, 3.63) is 69.4 Å². The summed E-state index contributed by atoms with van der Waals surface area (Å²) in [6.45, 7) is 0.630. The Labute approximate surface area is 142 Å². The molecular formula is C16H15N3O2S2. The van der Waals surface area contributed by atoms with Crippen molar-refractivity contribution in [3.8, 4) is 0 Å². The van der Waals surface area contributed by atoms with Gasteiger partial charge in [0.2, 0.25) is 0 Å². The summed E-state index contributed by atoms with van der Waals surface area (Å²) in [6.07, 6.45) is -0.714. The molecule has 3 aromatic rings. The van der Waals surface area contributed by atoms with Gasteiger partial charge in [-0.3, -0.25) is 4.79 Å². The number of thiophene rings is 1. The fourth-order valence-electron chi connectivity index (χ4n) is 2.22. The van der Waals surface area contributed by atoms with Crippen molar-refractivity contribution < 1.29 is 9.90 Å². The van der Waals surface area contributed by atoms with Crippen molar-refractivity contribution in [2.24, 2.45) is 0 Å². The van der Waals surface area contributed by atoms with Gasteiger partial charge in [0.1, 0.15) is 6.10 Å². The lowest BCUT2D eigenvalue weighted by molar-refractivity contribution is 0.0603. The van der Waals surface area contributed by atoms with E-state index in [4.69, 9.17) is 0 Å². The van der Waals surface area contributed by atoms with Gasteiger partial charge in [0.25, 0.3) is 5.91 Å². The number of nitrogens with zero attached hydrogens (tertiary/aromatic N) is 3. The Morgan fingerprint density at radius 3 is 2.70 bits per heavy atom. The molecule has 3 rings (SSSR count). The van der Waals surface area contributed by atoms with Crippen LogP contribution in [0.25, 0.3) is 0 Å². The lowest BCUT2D eigenvalue weighted by atomic mass is 10.2. The summed E-state index contributed by atoms with van der Waals surface area (Å²) in [4.78, 5) is 15.1. The second-order valence-corrected chi connectivity index (χ2v) is 6.58. The maximum atomic E-state index is 12.6. The quantitative estimate of drug-likeness (QED) is 0.746. The number of carbonyl (C=O) groups excluding carboxylic acids is 1. The first kappa shape index (κ1) is 15.8. The molecule has 1 amide bonds. The van der Waals surface area contributed by atoms with E-state index in [0.29, 0.717) is 12.2 Å². The molecule has 0 fully saturated rings. The predicted molar refractivity (Wildman–Crippen MR) is 90.4 cm³/mol. The Balaban J connectivity index is 1.79. The van der Waals surface area contributed by atoms with Crippen LogP contribution in [0.2, 0.25) is 0 Å². The van der Waals surface area contributed by atoms with Crippen molar-refractivity contribution in [3.63, 3.8) is 0 Å². The van der Waals surface area contributed by atoms with E-state index >= 15 is 0 Å². The lowest BCUT2D eigenvalue weighted by Gasteiger charge is -2.24. The van der Waals surface area contributed by atoms with Gasteiger partial charge in [0, 0.05) is 16.8 Å². The Morgan fingerprint density at radius 1 is 1.22 bits per heavy atom. The maximum Gasteiger partial charge on any atom is 0.275 e. The predicted octanol–water partition coefficient (Wildman–Crippen LogP) is 2.98. The number of benzene rings is 1. The van der Waals surface area contributed by atoms with Gasteiger partial charge in [0.15, 0.2) is 5.69 Å². The maximum absolute atomic E-state index is 12.6. The van der Waals surface area contributed by atoms with Crippen molar-refractivity contribution in [1.29, 1.82) is 0 Å². The zero-order valence-electron chi connectivity index (χ0n) is 12.2. The second-order valence-electron chi connectivity index (χ2n) is 4.99. The standard InChI is InChI=1S/C16H15N3O2S2/c20-14(15-7-4-8-22-15)10-19(9-12-5-2-1-3-6-12)16(21)13-11-23-18-17-13/h1-8,11,14,20H,9-10H2/t14-/m0/s1. The molecular weight excluding hydrogens is 330 g/mol. The number of hydrogen-bond donors (Lipinski definition) is 1. The summed E-state index contributed by atoms with van der Waals surface area (Å²) in [6, 6.07) is 13.5. The topological polar surface area (TPSA) is 66.3 Å². The molecule has 0 saturated heterocycles. The fraction of sp³-hybridized carbons (Fsp3) is 0.188. The van der Waals surface area contributed by atoms with Gasteiger partial charge in [0.05, 0.1) is 6.54 Å². The third kappa shape index (κ3) is 4.01. The first-order chi connectivity index (χ1) is 11.2. The Hall–Kier alpha value is -2.09. The first-order valence-corrected chi connectivity index (χ1v) is 8.77. The van der Waals surface area contributed by atoms with Gasteiger partial charge in [-0.1, -0.05) is 40.9 Å². The molecule has 0 saturated carbocycles. The van der Waals surface area contributed by atoms with Crippen LogP contribution >= 0.6 is 22.9 Å². The van der Waals surface area contributed by atoms with Crippen molar-refractivity contribution in [2.45, 2.75) is 12.6 Å². The zero-order valence-corrected chi connectivity index (χ0v) is 13.8. The lowest BCUT2D eigenvalue weighted by Crippen LogP contribution is -2.34. The van der Waals surface area contributed by atoms with Gasteiger partial charge in [-0.05, 0) is 28.5 Å². The molecule has 0 aliphatic rings. The summed E-state index contributed by atoms with van der Waals surface area (Å²) in [5, 5.41) is 17.8. The molecule has 0 spiro atoms. The van der Waals surface area contributed by atoms with Crippen molar-refractivity contribution in [2.75, 3.05) is 6.54 Å². The Bertz CT molecular complexity index is 730.